The van der Waals surface area contributed by atoms with Gasteiger partial charge in [0, 0.05) is 17.5 Å². The van der Waals surface area contributed by atoms with E-state index in [0.29, 0.717) is 17.8 Å². The van der Waals surface area contributed by atoms with Gasteiger partial charge in [0.2, 0.25) is 5.91 Å². The second kappa shape index (κ2) is 9.71. The maximum atomic E-state index is 12.2. The molecule has 0 unspecified atom stereocenters. The van der Waals surface area contributed by atoms with Gasteiger partial charge < -0.3 is 10.6 Å². The number of thiophene rings is 1. The predicted molar refractivity (Wildman–Crippen MR) is 107 cm³/mol. The Balaban J connectivity index is 1.96. The number of thiocarbonyl (C=S) groups is 1. The lowest BCUT2D eigenvalue weighted by Crippen LogP contribution is -2.34. The lowest BCUT2D eigenvalue weighted by atomic mass is 10.1. The van der Waals surface area contributed by atoms with Gasteiger partial charge in [-0.2, -0.15) is 0 Å². The van der Waals surface area contributed by atoms with Crippen molar-refractivity contribution in [1.82, 2.24) is 10.6 Å². The fourth-order valence-corrected chi connectivity index (χ4v) is 2.80. The molecule has 0 saturated heterocycles. The van der Waals surface area contributed by atoms with E-state index in [0.717, 1.165) is 11.3 Å². The number of para-hydroxylation sites is 1. The third-order valence-electron chi connectivity index (χ3n) is 3.13. The van der Waals surface area contributed by atoms with Crippen LogP contribution in [0.3, 0.4) is 0 Å². The van der Waals surface area contributed by atoms with Gasteiger partial charge in [0.25, 0.3) is 5.91 Å². The third kappa shape index (κ3) is 6.13. The number of benzene rings is 1. The molecule has 0 fully saturated rings. The number of hydrogen-bond acceptors (Lipinski definition) is 4. The van der Waals surface area contributed by atoms with E-state index in [1.165, 1.54) is 17.4 Å². The Morgan fingerprint density at radius 3 is 2.72 bits per heavy atom. The first kappa shape index (κ1) is 18.8. The summed E-state index contributed by atoms with van der Waals surface area (Å²) in [4.78, 5) is 25.0. The van der Waals surface area contributed by atoms with E-state index in [1.54, 1.807) is 30.3 Å². The van der Waals surface area contributed by atoms with Gasteiger partial charge in [0.05, 0.1) is 11.3 Å². The zero-order valence-corrected chi connectivity index (χ0v) is 15.4. The summed E-state index contributed by atoms with van der Waals surface area (Å²) in [5.41, 5.74) is 1.02. The molecule has 3 N–H and O–H groups in total. The summed E-state index contributed by atoms with van der Waals surface area (Å²) in [6, 6.07) is 10.8. The number of hydrogen-bond donors (Lipinski definition) is 3. The minimum atomic E-state index is -0.334. The van der Waals surface area contributed by atoms with Gasteiger partial charge in [-0.1, -0.05) is 25.1 Å². The van der Waals surface area contributed by atoms with Crippen LogP contribution in [0, 0.1) is 0 Å². The van der Waals surface area contributed by atoms with E-state index in [9.17, 15) is 9.59 Å². The fourth-order valence-electron chi connectivity index (χ4n) is 1.97. The van der Waals surface area contributed by atoms with Crippen molar-refractivity contribution in [2.45, 2.75) is 13.3 Å². The first-order valence-corrected chi connectivity index (χ1v) is 9.09. The van der Waals surface area contributed by atoms with Crippen molar-refractivity contribution in [3.63, 3.8) is 0 Å². The quantitative estimate of drug-likeness (QED) is 0.536. The Bertz CT molecular complexity index is 770. The normalized spacial score (nSPS) is 10.4. The van der Waals surface area contributed by atoms with Gasteiger partial charge in [0.1, 0.15) is 0 Å². The number of amides is 2. The molecule has 1 aromatic carbocycles. The molecular weight excluding hydrogens is 354 g/mol. The topological polar surface area (TPSA) is 70.2 Å². The highest BCUT2D eigenvalue weighted by atomic mass is 32.1. The average molecular weight is 374 g/mol. The van der Waals surface area contributed by atoms with Crippen LogP contribution in [-0.2, 0) is 4.79 Å². The molecule has 1 heterocycles. The predicted octanol–water partition coefficient (Wildman–Crippen LogP) is 3.41. The van der Waals surface area contributed by atoms with E-state index in [1.807, 2.05) is 24.4 Å². The van der Waals surface area contributed by atoms with Gasteiger partial charge in [-0.3, -0.25) is 14.9 Å². The Kier molecular flexibility index (Phi) is 7.31. The fraction of sp³-hybridized carbons (Fsp3) is 0.167. The second-order valence-electron chi connectivity index (χ2n) is 5.09. The van der Waals surface area contributed by atoms with E-state index in [4.69, 9.17) is 12.2 Å². The molecule has 2 rings (SSSR count). The van der Waals surface area contributed by atoms with E-state index in [-0.39, 0.29) is 16.9 Å². The Morgan fingerprint density at radius 2 is 2.00 bits per heavy atom. The van der Waals surface area contributed by atoms with Gasteiger partial charge in [-0.05, 0) is 48.3 Å². The van der Waals surface area contributed by atoms with Crippen LogP contribution in [0.25, 0.3) is 6.08 Å². The van der Waals surface area contributed by atoms with Crippen LogP contribution in [0.2, 0.25) is 0 Å². The monoisotopic (exact) mass is 373 g/mol. The van der Waals surface area contributed by atoms with Crippen molar-refractivity contribution in [3.05, 3.63) is 58.3 Å². The highest BCUT2D eigenvalue weighted by Crippen LogP contribution is 2.15. The summed E-state index contributed by atoms with van der Waals surface area (Å²) in [6.07, 6.45) is 3.99. The number of rotatable bonds is 6. The zero-order valence-electron chi connectivity index (χ0n) is 13.7. The summed E-state index contributed by atoms with van der Waals surface area (Å²) >= 11 is 6.69. The van der Waals surface area contributed by atoms with E-state index < -0.39 is 0 Å². The molecule has 7 heteroatoms. The Labute approximate surface area is 156 Å². The highest BCUT2D eigenvalue weighted by Gasteiger charge is 2.11. The van der Waals surface area contributed by atoms with Gasteiger partial charge >= 0.3 is 0 Å². The molecule has 0 spiro atoms. The summed E-state index contributed by atoms with van der Waals surface area (Å²) in [7, 11) is 0. The molecule has 0 aliphatic carbocycles. The van der Waals surface area contributed by atoms with E-state index in [2.05, 4.69) is 16.0 Å². The van der Waals surface area contributed by atoms with Crippen molar-refractivity contribution in [2.75, 3.05) is 11.9 Å². The smallest absolute Gasteiger partial charge is 0.253 e. The van der Waals surface area contributed by atoms with Gasteiger partial charge in [-0.25, -0.2) is 0 Å². The van der Waals surface area contributed by atoms with Crippen molar-refractivity contribution >= 4 is 52.2 Å². The molecule has 0 saturated carbocycles. The Hall–Kier alpha value is -2.51. The van der Waals surface area contributed by atoms with Crippen LogP contribution in [-0.4, -0.2) is 23.5 Å². The Morgan fingerprint density at radius 1 is 1.20 bits per heavy atom. The van der Waals surface area contributed by atoms with Gasteiger partial charge in [-0.15, -0.1) is 11.3 Å². The molecule has 5 nitrogen and oxygen atoms in total. The van der Waals surface area contributed by atoms with Gasteiger partial charge in [0.15, 0.2) is 5.11 Å². The largest absolute Gasteiger partial charge is 0.352 e. The second-order valence-corrected chi connectivity index (χ2v) is 6.48. The molecule has 0 atom stereocenters. The van der Waals surface area contributed by atoms with Crippen LogP contribution in [0.1, 0.15) is 28.6 Å². The van der Waals surface area contributed by atoms with Crippen LogP contribution >= 0.6 is 23.6 Å². The van der Waals surface area contributed by atoms with Crippen molar-refractivity contribution in [3.8, 4) is 0 Å². The van der Waals surface area contributed by atoms with Crippen LogP contribution in [0.15, 0.2) is 47.9 Å². The molecule has 2 amide bonds. The minimum absolute atomic E-state index is 0.136. The van der Waals surface area contributed by atoms with Crippen molar-refractivity contribution in [1.29, 1.82) is 0 Å². The number of anilines is 1. The van der Waals surface area contributed by atoms with E-state index >= 15 is 0 Å². The SMILES string of the molecule is CCCNC(=O)c1ccccc1NC(=S)NC(=O)/C=C/c1cccs1. The van der Waals surface area contributed by atoms with Crippen molar-refractivity contribution < 1.29 is 9.59 Å². The molecule has 0 aliphatic rings. The molecule has 1 aromatic heterocycles. The average Bonchev–Trinajstić information content (AvgIpc) is 3.12. The first-order valence-electron chi connectivity index (χ1n) is 7.81. The maximum Gasteiger partial charge on any atom is 0.253 e. The summed E-state index contributed by atoms with van der Waals surface area (Å²) in [6.45, 7) is 2.58. The van der Waals surface area contributed by atoms with Crippen LogP contribution < -0.4 is 16.0 Å². The molecule has 25 heavy (non-hydrogen) atoms. The van der Waals surface area contributed by atoms with Crippen LogP contribution in [0.5, 0.6) is 0 Å². The number of carbonyl (C=O) groups excluding carboxylic acids is 2. The molecular formula is C18H19N3O2S2. The van der Waals surface area contributed by atoms with Crippen molar-refractivity contribution in [2.24, 2.45) is 0 Å². The lowest BCUT2D eigenvalue weighted by molar-refractivity contribution is -0.115. The maximum absolute atomic E-state index is 12.2. The molecule has 130 valence electrons. The minimum Gasteiger partial charge on any atom is -0.352 e. The molecule has 2 aromatic rings. The summed E-state index contributed by atoms with van der Waals surface area (Å²) in [5, 5.41) is 10.4. The third-order valence-corrected chi connectivity index (χ3v) is 4.18. The summed E-state index contributed by atoms with van der Waals surface area (Å²) in [5.74, 6) is -0.518. The number of carbonyl (C=O) groups is 2. The first-order chi connectivity index (χ1) is 12.1. The summed E-state index contributed by atoms with van der Waals surface area (Å²) < 4.78 is 0. The lowest BCUT2D eigenvalue weighted by Gasteiger charge is -2.12. The molecule has 0 aliphatic heterocycles. The molecule has 0 bridgehead atoms. The number of nitrogens with one attached hydrogen (secondary N) is 3. The standard InChI is InChI=1S/C18H19N3O2S2/c1-2-11-19-17(23)14-7-3-4-8-15(14)20-18(24)21-16(22)10-9-13-6-5-12-25-13/h3-10,12H,2,11H2,1H3,(H,19,23)(H2,20,21,22,24)/b10-9+. The molecule has 0 radical (unpaired) electrons. The van der Waals surface area contributed by atoms with Crippen LogP contribution in [0.4, 0.5) is 5.69 Å². The zero-order chi connectivity index (χ0) is 18.1. The highest BCUT2D eigenvalue weighted by molar-refractivity contribution is 7.80.